The number of hydrogen-bond acceptors (Lipinski definition) is 4. The lowest BCUT2D eigenvalue weighted by molar-refractivity contribution is 0.102. The van der Waals surface area contributed by atoms with Gasteiger partial charge in [0, 0.05) is 10.7 Å². The third-order valence-corrected chi connectivity index (χ3v) is 5.09. The van der Waals surface area contributed by atoms with Crippen LogP contribution in [0.5, 0.6) is 5.75 Å². The van der Waals surface area contributed by atoms with Gasteiger partial charge in [-0.25, -0.2) is 13.1 Å². The molecule has 0 aliphatic carbocycles. The Kier molecular flexibility index (Phi) is 5.48. The minimum absolute atomic E-state index is 0.0592. The predicted molar refractivity (Wildman–Crippen MR) is 93.4 cm³/mol. The van der Waals surface area contributed by atoms with Gasteiger partial charge in [0.05, 0.1) is 17.6 Å². The van der Waals surface area contributed by atoms with Crippen molar-refractivity contribution < 1.29 is 17.9 Å². The van der Waals surface area contributed by atoms with Gasteiger partial charge < -0.3 is 10.1 Å². The molecule has 2 N–H and O–H groups in total. The molecule has 0 saturated heterocycles. The second kappa shape index (κ2) is 7.21. The van der Waals surface area contributed by atoms with Gasteiger partial charge in [0.25, 0.3) is 5.91 Å². The molecule has 2 rings (SSSR count). The molecular weight excluding hydrogens is 352 g/mol. The Morgan fingerprint density at radius 1 is 1.17 bits per heavy atom. The summed E-state index contributed by atoms with van der Waals surface area (Å²) in [6, 6.07) is 9.18. The minimum atomic E-state index is -3.60. The molecule has 0 aromatic heterocycles. The van der Waals surface area contributed by atoms with E-state index in [0.717, 1.165) is 5.56 Å². The van der Waals surface area contributed by atoms with Crippen molar-refractivity contribution in [2.45, 2.75) is 11.8 Å². The summed E-state index contributed by atoms with van der Waals surface area (Å²) in [5, 5.41) is 3.09. The van der Waals surface area contributed by atoms with E-state index in [1.807, 2.05) is 0 Å². The van der Waals surface area contributed by atoms with Crippen LogP contribution in [0.15, 0.2) is 41.3 Å². The second-order valence-corrected chi connectivity index (χ2v) is 7.31. The highest BCUT2D eigenvalue weighted by Crippen LogP contribution is 2.25. The molecule has 0 unspecified atom stereocenters. The summed E-state index contributed by atoms with van der Waals surface area (Å²) in [6.07, 6.45) is 0. The summed E-state index contributed by atoms with van der Waals surface area (Å²) < 4.78 is 31.2. The van der Waals surface area contributed by atoms with Crippen molar-refractivity contribution in [2.75, 3.05) is 19.5 Å². The largest absolute Gasteiger partial charge is 0.496 e. The molecule has 0 bridgehead atoms. The van der Waals surface area contributed by atoms with E-state index in [4.69, 9.17) is 16.3 Å². The Bertz CT molecular complexity index is 882. The molecule has 128 valence electrons. The fraction of sp³-hybridized carbons (Fsp3) is 0.188. The maximum Gasteiger partial charge on any atom is 0.259 e. The molecule has 6 nitrogen and oxygen atoms in total. The van der Waals surface area contributed by atoms with E-state index in [9.17, 15) is 13.2 Å². The Labute approximate surface area is 145 Å². The van der Waals surface area contributed by atoms with Gasteiger partial charge in [0.2, 0.25) is 10.0 Å². The van der Waals surface area contributed by atoms with E-state index < -0.39 is 15.9 Å². The number of carbonyl (C=O) groups is 1. The van der Waals surface area contributed by atoms with Crippen LogP contribution in [-0.2, 0) is 10.0 Å². The molecule has 0 saturated carbocycles. The van der Waals surface area contributed by atoms with Gasteiger partial charge in [0.1, 0.15) is 5.75 Å². The SMILES string of the molecule is CNS(=O)(=O)c1ccc(C)c(NC(=O)c2cc(Cl)ccc2OC)c1. The van der Waals surface area contributed by atoms with Gasteiger partial charge in [-0.2, -0.15) is 0 Å². The van der Waals surface area contributed by atoms with Crippen molar-refractivity contribution >= 4 is 33.2 Å². The fourth-order valence-electron chi connectivity index (χ4n) is 2.07. The Hall–Kier alpha value is -2.09. The molecule has 1 amide bonds. The molecule has 8 heteroatoms. The van der Waals surface area contributed by atoms with Crippen LogP contribution in [0, 0.1) is 6.92 Å². The van der Waals surface area contributed by atoms with Crippen LogP contribution in [-0.4, -0.2) is 28.5 Å². The van der Waals surface area contributed by atoms with Crippen molar-refractivity contribution in [1.29, 1.82) is 0 Å². The van der Waals surface area contributed by atoms with Crippen LogP contribution in [0.25, 0.3) is 0 Å². The molecule has 24 heavy (non-hydrogen) atoms. The van der Waals surface area contributed by atoms with Crippen LogP contribution >= 0.6 is 11.6 Å². The second-order valence-electron chi connectivity index (χ2n) is 4.98. The van der Waals surface area contributed by atoms with E-state index in [-0.39, 0.29) is 10.5 Å². The van der Waals surface area contributed by atoms with Gasteiger partial charge in [-0.1, -0.05) is 17.7 Å². The van der Waals surface area contributed by atoms with Crippen molar-refractivity contribution in [3.05, 3.63) is 52.5 Å². The summed E-state index contributed by atoms with van der Waals surface area (Å²) in [5.74, 6) is -0.0787. The molecule has 0 radical (unpaired) electrons. The topological polar surface area (TPSA) is 84.5 Å². The molecule has 0 aliphatic heterocycles. The Morgan fingerprint density at radius 3 is 2.50 bits per heavy atom. The highest BCUT2D eigenvalue weighted by molar-refractivity contribution is 7.89. The summed E-state index contributed by atoms with van der Waals surface area (Å²) in [6.45, 7) is 1.76. The lowest BCUT2D eigenvalue weighted by Gasteiger charge is -2.13. The molecule has 0 fully saturated rings. The number of halogens is 1. The average molecular weight is 369 g/mol. The number of amides is 1. The number of sulfonamides is 1. The van der Waals surface area contributed by atoms with E-state index >= 15 is 0 Å². The quantitative estimate of drug-likeness (QED) is 0.849. The number of benzene rings is 2. The normalized spacial score (nSPS) is 11.2. The maximum atomic E-state index is 12.5. The van der Waals surface area contributed by atoms with Crippen LogP contribution in [0.2, 0.25) is 5.02 Å². The number of rotatable bonds is 5. The number of hydrogen-bond donors (Lipinski definition) is 2. The number of nitrogens with one attached hydrogen (secondary N) is 2. The zero-order chi connectivity index (χ0) is 17.9. The van der Waals surface area contributed by atoms with E-state index in [0.29, 0.717) is 16.5 Å². The highest BCUT2D eigenvalue weighted by atomic mass is 35.5. The number of aryl methyl sites for hydroxylation is 1. The molecular formula is C16H17ClN2O4S. The van der Waals surface area contributed by atoms with Gasteiger partial charge in [-0.05, 0) is 49.9 Å². The molecule has 2 aromatic rings. The summed E-state index contributed by atoms with van der Waals surface area (Å²) >= 11 is 5.93. The van der Waals surface area contributed by atoms with Gasteiger partial charge in [-0.15, -0.1) is 0 Å². The summed E-state index contributed by atoms with van der Waals surface area (Å²) in [4.78, 5) is 12.6. The molecule has 0 aliphatic rings. The first-order valence-electron chi connectivity index (χ1n) is 6.97. The molecule has 0 heterocycles. The van der Waals surface area contributed by atoms with Crippen LogP contribution < -0.4 is 14.8 Å². The standard InChI is InChI=1S/C16H17ClN2O4S/c1-10-4-6-12(24(21,22)18-2)9-14(10)19-16(20)13-8-11(17)5-7-15(13)23-3/h4-9,18H,1-3H3,(H,19,20). The van der Waals surface area contributed by atoms with Crippen LogP contribution in [0.4, 0.5) is 5.69 Å². The minimum Gasteiger partial charge on any atom is -0.496 e. The van der Waals surface area contributed by atoms with Gasteiger partial charge in [0.15, 0.2) is 0 Å². The first-order valence-corrected chi connectivity index (χ1v) is 8.83. The zero-order valence-electron chi connectivity index (χ0n) is 13.4. The third-order valence-electron chi connectivity index (χ3n) is 3.44. The smallest absolute Gasteiger partial charge is 0.259 e. The van der Waals surface area contributed by atoms with Gasteiger partial charge >= 0.3 is 0 Å². The fourth-order valence-corrected chi connectivity index (χ4v) is 3.00. The van der Waals surface area contributed by atoms with Gasteiger partial charge in [-0.3, -0.25) is 4.79 Å². The average Bonchev–Trinajstić information content (AvgIpc) is 2.56. The van der Waals surface area contributed by atoms with E-state index in [1.54, 1.807) is 25.1 Å². The summed E-state index contributed by atoms with van der Waals surface area (Å²) in [7, 11) is -0.831. The number of ether oxygens (including phenoxy) is 1. The third kappa shape index (κ3) is 3.87. The number of carbonyl (C=O) groups excluding carboxylic acids is 1. The van der Waals surface area contributed by atoms with E-state index in [2.05, 4.69) is 10.0 Å². The lowest BCUT2D eigenvalue weighted by atomic mass is 10.1. The Balaban J connectivity index is 2.39. The van der Waals surface area contributed by atoms with Crippen molar-refractivity contribution in [3.8, 4) is 5.75 Å². The molecule has 0 spiro atoms. The molecule has 2 aromatic carbocycles. The summed E-state index contributed by atoms with van der Waals surface area (Å²) in [5.41, 5.74) is 1.36. The first kappa shape index (κ1) is 18.3. The van der Waals surface area contributed by atoms with Crippen molar-refractivity contribution in [1.82, 2.24) is 4.72 Å². The van der Waals surface area contributed by atoms with Crippen LogP contribution in [0.3, 0.4) is 0 Å². The lowest BCUT2D eigenvalue weighted by Crippen LogP contribution is -2.19. The Morgan fingerprint density at radius 2 is 1.88 bits per heavy atom. The van der Waals surface area contributed by atoms with E-state index in [1.165, 1.54) is 32.4 Å². The number of anilines is 1. The molecule has 0 atom stereocenters. The first-order chi connectivity index (χ1) is 11.3. The number of methoxy groups -OCH3 is 1. The monoisotopic (exact) mass is 368 g/mol. The predicted octanol–water partition coefficient (Wildman–Crippen LogP) is 2.82. The van der Waals surface area contributed by atoms with Crippen molar-refractivity contribution in [2.24, 2.45) is 0 Å². The van der Waals surface area contributed by atoms with Crippen LogP contribution in [0.1, 0.15) is 15.9 Å². The maximum absolute atomic E-state index is 12.5. The van der Waals surface area contributed by atoms with Crippen molar-refractivity contribution in [3.63, 3.8) is 0 Å². The zero-order valence-corrected chi connectivity index (χ0v) is 15.0. The highest BCUT2D eigenvalue weighted by Gasteiger charge is 2.17.